The first-order valence-corrected chi connectivity index (χ1v) is 10.9. The van der Waals surface area contributed by atoms with Crippen LogP contribution in [0.1, 0.15) is 27.0 Å². The molecular weight excluding hydrogens is 421 g/mol. The zero-order valence-electron chi connectivity index (χ0n) is 16.0. The van der Waals surface area contributed by atoms with Gasteiger partial charge < -0.3 is 10.1 Å². The van der Waals surface area contributed by atoms with Crippen molar-refractivity contribution in [2.45, 2.75) is 18.5 Å². The maximum Gasteiger partial charge on any atom is 0.417 e. The van der Waals surface area contributed by atoms with Crippen LogP contribution in [0.5, 0.6) is 0 Å². The number of carbonyl (C=O) groups excluding carboxylic acids is 1. The molecule has 10 heteroatoms. The van der Waals surface area contributed by atoms with E-state index in [1.54, 1.807) is 24.3 Å². The smallest absolute Gasteiger partial charge is 0.379 e. The molecule has 0 bridgehead atoms. The summed E-state index contributed by atoms with van der Waals surface area (Å²) in [6, 6.07) is 11.1. The summed E-state index contributed by atoms with van der Waals surface area (Å²) in [4.78, 5) is 12.4. The number of hydrogen-bond acceptors (Lipinski definition) is 4. The summed E-state index contributed by atoms with van der Waals surface area (Å²) in [7, 11) is -3.58. The van der Waals surface area contributed by atoms with Gasteiger partial charge in [-0.3, -0.25) is 4.79 Å². The fourth-order valence-corrected chi connectivity index (χ4v) is 4.74. The number of alkyl halides is 3. The molecule has 1 amide bonds. The fraction of sp³-hybridized carbons (Fsp3) is 0.350. The number of morpholine rings is 1. The number of rotatable bonds is 6. The zero-order valence-corrected chi connectivity index (χ0v) is 16.8. The Bertz CT molecular complexity index is 1000. The number of nitrogens with one attached hydrogen (secondary N) is 1. The van der Waals surface area contributed by atoms with Crippen molar-refractivity contribution in [1.82, 2.24) is 9.62 Å². The van der Waals surface area contributed by atoms with Crippen LogP contribution in [0.25, 0.3) is 0 Å². The molecule has 1 saturated heterocycles. The predicted octanol–water partition coefficient (Wildman–Crippen LogP) is 2.80. The van der Waals surface area contributed by atoms with Crippen LogP contribution in [0.15, 0.2) is 48.5 Å². The van der Waals surface area contributed by atoms with E-state index in [1.807, 2.05) is 0 Å². The van der Waals surface area contributed by atoms with Gasteiger partial charge in [-0.2, -0.15) is 17.5 Å². The maximum atomic E-state index is 13.1. The van der Waals surface area contributed by atoms with Gasteiger partial charge in [0.2, 0.25) is 10.0 Å². The van der Waals surface area contributed by atoms with Gasteiger partial charge in [-0.15, -0.1) is 0 Å². The predicted molar refractivity (Wildman–Crippen MR) is 104 cm³/mol. The Morgan fingerprint density at radius 1 is 1.00 bits per heavy atom. The van der Waals surface area contributed by atoms with Crippen LogP contribution >= 0.6 is 0 Å². The third-order valence-corrected chi connectivity index (χ3v) is 6.56. The molecule has 162 valence electrons. The molecule has 0 saturated carbocycles. The summed E-state index contributed by atoms with van der Waals surface area (Å²) in [5, 5.41) is 2.47. The average Bonchev–Trinajstić information content (AvgIpc) is 2.73. The Labute approximate surface area is 172 Å². The number of sulfonamides is 1. The van der Waals surface area contributed by atoms with Gasteiger partial charge in [0, 0.05) is 19.6 Å². The number of ether oxygens (including phenoxy) is 1. The number of carbonyl (C=O) groups is 1. The summed E-state index contributed by atoms with van der Waals surface area (Å²) in [5.74, 6) is -1.15. The number of halogens is 3. The molecule has 2 aromatic carbocycles. The van der Waals surface area contributed by atoms with Crippen LogP contribution in [-0.2, 0) is 33.2 Å². The van der Waals surface area contributed by atoms with E-state index in [0.29, 0.717) is 24.3 Å². The highest BCUT2D eigenvalue weighted by molar-refractivity contribution is 7.88. The third kappa shape index (κ3) is 5.38. The van der Waals surface area contributed by atoms with Crippen molar-refractivity contribution in [2.24, 2.45) is 0 Å². The molecule has 0 radical (unpaired) electrons. The molecule has 6 nitrogen and oxygen atoms in total. The fourth-order valence-electron chi connectivity index (χ4n) is 3.18. The first kappa shape index (κ1) is 22.3. The van der Waals surface area contributed by atoms with Crippen molar-refractivity contribution in [3.8, 4) is 0 Å². The Balaban J connectivity index is 1.74. The standard InChI is InChI=1S/C20H21F3N2O4S/c21-20(22,23)18-8-4-3-7-17(18)19(26)24-13-15-5-1-2-6-16(15)14-30(27,28)25-9-11-29-12-10-25/h1-8H,9-14H2,(H,24,26). The molecule has 1 N–H and O–H groups in total. The lowest BCUT2D eigenvalue weighted by molar-refractivity contribution is -0.137. The first-order chi connectivity index (χ1) is 14.2. The van der Waals surface area contributed by atoms with Crippen molar-refractivity contribution in [3.05, 3.63) is 70.8 Å². The minimum absolute atomic E-state index is 0.0974. The van der Waals surface area contributed by atoms with Crippen LogP contribution < -0.4 is 5.32 Å². The summed E-state index contributed by atoms with van der Waals surface area (Å²) in [6.45, 7) is 1.11. The zero-order chi connectivity index (χ0) is 21.8. The summed E-state index contributed by atoms with van der Waals surface area (Å²) >= 11 is 0. The first-order valence-electron chi connectivity index (χ1n) is 9.25. The molecule has 30 heavy (non-hydrogen) atoms. The highest BCUT2D eigenvalue weighted by atomic mass is 32.2. The van der Waals surface area contributed by atoms with Gasteiger partial charge >= 0.3 is 6.18 Å². The molecule has 1 heterocycles. The Kier molecular flexibility index (Phi) is 6.79. The van der Waals surface area contributed by atoms with Gasteiger partial charge in [0.05, 0.1) is 30.1 Å². The highest BCUT2D eigenvalue weighted by Crippen LogP contribution is 2.31. The number of hydrogen-bond donors (Lipinski definition) is 1. The van der Waals surface area contributed by atoms with Crippen molar-refractivity contribution in [2.75, 3.05) is 26.3 Å². The summed E-state index contributed by atoms with van der Waals surface area (Å²) in [6.07, 6.45) is -4.65. The molecule has 1 fully saturated rings. The van der Waals surface area contributed by atoms with E-state index in [9.17, 15) is 26.4 Å². The topological polar surface area (TPSA) is 75.7 Å². The van der Waals surface area contributed by atoms with E-state index in [1.165, 1.54) is 16.4 Å². The monoisotopic (exact) mass is 442 g/mol. The van der Waals surface area contributed by atoms with Crippen molar-refractivity contribution in [1.29, 1.82) is 0 Å². The molecular formula is C20H21F3N2O4S. The van der Waals surface area contributed by atoms with Crippen LogP contribution in [0.3, 0.4) is 0 Å². The van der Waals surface area contributed by atoms with Gasteiger partial charge in [0.15, 0.2) is 0 Å². The Morgan fingerprint density at radius 2 is 1.60 bits per heavy atom. The molecule has 0 spiro atoms. The van der Waals surface area contributed by atoms with Crippen LogP contribution in [-0.4, -0.2) is 44.9 Å². The van der Waals surface area contributed by atoms with Crippen molar-refractivity contribution < 1.29 is 31.1 Å². The van der Waals surface area contributed by atoms with Gasteiger partial charge in [0.25, 0.3) is 5.91 Å². The maximum absolute atomic E-state index is 13.1. The molecule has 1 aliphatic rings. The normalized spacial score (nSPS) is 15.7. The van der Waals surface area contributed by atoms with Gasteiger partial charge in [0.1, 0.15) is 0 Å². The average molecular weight is 442 g/mol. The van der Waals surface area contributed by atoms with E-state index >= 15 is 0 Å². The largest absolute Gasteiger partial charge is 0.417 e. The lowest BCUT2D eigenvalue weighted by Crippen LogP contribution is -2.41. The Morgan fingerprint density at radius 3 is 2.27 bits per heavy atom. The molecule has 0 aromatic heterocycles. The van der Waals surface area contributed by atoms with Gasteiger partial charge in [-0.25, -0.2) is 8.42 Å². The van der Waals surface area contributed by atoms with E-state index in [4.69, 9.17) is 4.74 Å². The van der Waals surface area contributed by atoms with E-state index in [2.05, 4.69) is 5.32 Å². The minimum Gasteiger partial charge on any atom is -0.379 e. The van der Waals surface area contributed by atoms with Crippen LogP contribution in [0.2, 0.25) is 0 Å². The second kappa shape index (κ2) is 9.15. The SMILES string of the molecule is O=C(NCc1ccccc1CS(=O)(=O)N1CCOCC1)c1ccccc1C(F)(F)F. The van der Waals surface area contributed by atoms with Crippen LogP contribution in [0.4, 0.5) is 13.2 Å². The number of nitrogens with zero attached hydrogens (tertiary/aromatic N) is 1. The van der Waals surface area contributed by atoms with Crippen LogP contribution in [0, 0.1) is 0 Å². The van der Waals surface area contributed by atoms with Gasteiger partial charge in [-0.05, 0) is 23.3 Å². The number of benzene rings is 2. The molecule has 3 rings (SSSR count). The van der Waals surface area contributed by atoms with Crippen molar-refractivity contribution in [3.63, 3.8) is 0 Å². The van der Waals surface area contributed by atoms with Gasteiger partial charge in [-0.1, -0.05) is 36.4 Å². The molecule has 1 aliphatic heterocycles. The number of amides is 1. The second-order valence-electron chi connectivity index (χ2n) is 6.76. The van der Waals surface area contributed by atoms with E-state index < -0.39 is 33.2 Å². The lowest BCUT2D eigenvalue weighted by atomic mass is 10.1. The second-order valence-corrected chi connectivity index (χ2v) is 8.73. The molecule has 2 aromatic rings. The Hall–Kier alpha value is -2.43. The summed E-state index contributed by atoms with van der Waals surface area (Å²) in [5.41, 5.74) is -0.505. The molecule has 0 unspecified atom stereocenters. The molecule has 0 aliphatic carbocycles. The highest BCUT2D eigenvalue weighted by Gasteiger charge is 2.34. The third-order valence-electron chi connectivity index (χ3n) is 4.74. The molecule has 0 atom stereocenters. The minimum atomic E-state index is -4.65. The van der Waals surface area contributed by atoms with Crippen molar-refractivity contribution >= 4 is 15.9 Å². The van der Waals surface area contributed by atoms with E-state index in [-0.39, 0.29) is 25.4 Å². The quantitative estimate of drug-likeness (QED) is 0.747. The van der Waals surface area contributed by atoms with E-state index in [0.717, 1.165) is 12.1 Å². The lowest BCUT2D eigenvalue weighted by Gasteiger charge is -2.26. The summed E-state index contributed by atoms with van der Waals surface area (Å²) < 4.78 is 71.3.